The van der Waals surface area contributed by atoms with E-state index in [9.17, 15) is 9.90 Å². The number of pyridine rings is 1. The van der Waals surface area contributed by atoms with Gasteiger partial charge >= 0.3 is 0 Å². The van der Waals surface area contributed by atoms with Gasteiger partial charge in [0.05, 0.1) is 6.20 Å². The van der Waals surface area contributed by atoms with Crippen molar-refractivity contribution in [3.8, 4) is 0 Å². The standard InChI is InChI=1S/C31H39N5O2/c1-20(2)22-10-12-24(13-11-22)31(38,30(5)18-35(6)19-30)25-15-28(34-32-16-25)36-17-23(14-29(36)37)27-9-7-8-26(33-27)21(3)4/h7-13,15-16,20-21,23,38H,14,17-19H2,1-6H3. The van der Waals surface area contributed by atoms with E-state index in [2.05, 4.69) is 68.9 Å². The molecule has 1 amide bonds. The summed E-state index contributed by atoms with van der Waals surface area (Å²) in [6.45, 7) is 12.7. The van der Waals surface area contributed by atoms with Crippen LogP contribution < -0.4 is 4.90 Å². The zero-order chi connectivity index (χ0) is 27.2. The van der Waals surface area contributed by atoms with E-state index in [1.807, 2.05) is 36.4 Å². The molecule has 0 aliphatic carbocycles. The maximum atomic E-state index is 13.2. The van der Waals surface area contributed by atoms with Crippen LogP contribution in [0.15, 0.2) is 54.7 Å². The number of carbonyl (C=O) groups is 1. The summed E-state index contributed by atoms with van der Waals surface area (Å²) in [5.41, 5.74) is 2.98. The third-order valence-electron chi connectivity index (χ3n) is 8.37. The van der Waals surface area contributed by atoms with Crippen molar-refractivity contribution in [2.45, 2.75) is 64.4 Å². The maximum Gasteiger partial charge on any atom is 0.228 e. The summed E-state index contributed by atoms with van der Waals surface area (Å²) in [6, 6.07) is 16.2. The second-order valence-electron chi connectivity index (χ2n) is 12.1. The van der Waals surface area contributed by atoms with Crippen LogP contribution in [0.3, 0.4) is 0 Å². The molecule has 7 heteroatoms. The molecule has 38 heavy (non-hydrogen) atoms. The van der Waals surface area contributed by atoms with Crippen molar-refractivity contribution in [2.24, 2.45) is 5.41 Å². The Bertz CT molecular complexity index is 1320. The predicted molar refractivity (Wildman–Crippen MR) is 149 cm³/mol. The highest BCUT2D eigenvalue weighted by atomic mass is 16.3. The number of aliphatic hydroxyl groups is 1. The Balaban J connectivity index is 1.49. The van der Waals surface area contributed by atoms with Crippen molar-refractivity contribution < 1.29 is 9.90 Å². The van der Waals surface area contributed by atoms with Crippen molar-refractivity contribution in [1.82, 2.24) is 20.1 Å². The molecule has 5 rings (SSSR count). The van der Waals surface area contributed by atoms with E-state index < -0.39 is 11.0 Å². The number of aromatic nitrogens is 3. The summed E-state index contributed by atoms with van der Waals surface area (Å²) in [4.78, 5) is 21.9. The summed E-state index contributed by atoms with van der Waals surface area (Å²) in [6.07, 6.45) is 2.03. The Morgan fingerprint density at radius 1 is 1.03 bits per heavy atom. The minimum Gasteiger partial charge on any atom is -0.380 e. The zero-order valence-corrected chi connectivity index (χ0v) is 23.3. The van der Waals surface area contributed by atoms with Crippen LogP contribution in [0, 0.1) is 5.41 Å². The number of anilines is 1. The van der Waals surface area contributed by atoms with Gasteiger partial charge in [-0.2, -0.15) is 5.10 Å². The number of carbonyl (C=O) groups excluding carboxylic acids is 1. The van der Waals surface area contributed by atoms with Gasteiger partial charge in [0.2, 0.25) is 5.91 Å². The summed E-state index contributed by atoms with van der Waals surface area (Å²) >= 11 is 0. The average Bonchev–Trinajstić information content (AvgIpc) is 3.29. The van der Waals surface area contributed by atoms with Crippen LogP contribution in [-0.4, -0.2) is 57.8 Å². The molecule has 2 unspecified atom stereocenters. The van der Waals surface area contributed by atoms with Crippen molar-refractivity contribution in [3.05, 3.63) is 82.8 Å². The SMILES string of the molecule is CC(C)c1ccc(C(O)(c2cnnc(N3CC(c4cccc(C(C)C)n4)CC3=O)c2)C2(C)CN(C)C2)cc1. The first-order chi connectivity index (χ1) is 18.0. The topological polar surface area (TPSA) is 82.5 Å². The highest BCUT2D eigenvalue weighted by molar-refractivity contribution is 5.95. The summed E-state index contributed by atoms with van der Waals surface area (Å²) in [5.74, 6) is 1.19. The van der Waals surface area contributed by atoms with Gasteiger partial charge in [-0.3, -0.25) is 14.7 Å². The normalized spacial score (nSPS) is 21.1. The molecule has 2 saturated heterocycles. The fraction of sp³-hybridized carbons (Fsp3) is 0.484. The van der Waals surface area contributed by atoms with Gasteiger partial charge in [-0.05, 0) is 48.2 Å². The van der Waals surface area contributed by atoms with Gasteiger partial charge in [-0.25, -0.2) is 0 Å². The maximum absolute atomic E-state index is 13.2. The molecule has 7 nitrogen and oxygen atoms in total. The highest BCUT2D eigenvalue weighted by Gasteiger charge is 2.55. The number of likely N-dealkylation sites (tertiary alicyclic amines) is 1. The van der Waals surface area contributed by atoms with E-state index in [-0.39, 0.29) is 11.8 Å². The quantitative estimate of drug-likeness (QED) is 0.488. The van der Waals surface area contributed by atoms with Crippen LogP contribution >= 0.6 is 0 Å². The fourth-order valence-corrected chi connectivity index (χ4v) is 6.18. The highest BCUT2D eigenvalue weighted by Crippen LogP contribution is 2.50. The molecule has 0 saturated carbocycles. The third kappa shape index (κ3) is 4.52. The van der Waals surface area contributed by atoms with E-state index >= 15 is 0 Å². The van der Waals surface area contributed by atoms with Gasteiger partial charge in [0, 0.05) is 54.3 Å². The Kier molecular flexibility index (Phi) is 6.86. The first kappa shape index (κ1) is 26.4. The van der Waals surface area contributed by atoms with Crippen molar-refractivity contribution >= 4 is 11.7 Å². The molecule has 3 aromatic rings. The molecule has 4 heterocycles. The van der Waals surface area contributed by atoms with Crippen LogP contribution in [0.2, 0.25) is 0 Å². The van der Waals surface area contributed by atoms with E-state index in [0.29, 0.717) is 36.2 Å². The molecule has 2 atom stereocenters. The summed E-state index contributed by atoms with van der Waals surface area (Å²) in [7, 11) is 2.06. The third-order valence-corrected chi connectivity index (χ3v) is 8.37. The van der Waals surface area contributed by atoms with Crippen molar-refractivity contribution in [1.29, 1.82) is 0 Å². The van der Waals surface area contributed by atoms with Gasteiger partial charge in [-0.1, -0.05) is 65.0 Å². The number of hydrogen-bond acceptors (Lipinski definition) is 6. The first-order valence-electron chi connectivity index (χ1n) is 13.6. The Labute approximate surface area is 225 Å². The molecule has 2 aliphatic heterocycles. The molecule has 1 N–H and O–H groups in total. The molecule has 0 bridgehead atoms. The molecule has 0 radical (unpaired) electrons. The van der Waals surface area contributed by atoms with Crippen LogP contribution in [0.1, 0.15) is 86.9 Å². The Hall–Kier alpha value is -3.16. The van der Waals surface area contributed by atoms with Crippen LogP contribution in [0.4, 0.5) is 5.82 Å². The monoisotopic (exact) mass is 513 g/mol. The van der Waals surface area contributed by atoms with Crippen LogP contribution in [0.25, 0.3) is 0 Å². The van der Waals surface area contributed by atoms with Gasteiger partial charge in [0.15, 0.2) is 5.82 Å². The van der Waals surface area contributed by atoms with E-state index in [4.69, 9.17) is 4.98 Å². The Morgan fingerprint density at radius 2 is 1.74 bits per heavy atom. The number of rotatable bonds is 7. The zero-order valence-electron chi connectivity index (χ0n) is 23.3. The van der Waals surface area contributed by atoms with E-state index in [1.54, 1.807) is 11.1 Å². The number of benzene rings is 1. The minimum absolute atomic E-state index is 0.00221. The van der Waals surface area contributed by atoms with Crippen molar-refractivity contribution in [3.63, 3.8) is 0 Å². The number of nitrogens with zero attached hydrogens (tertiary/aromatic N) is 5. The fourth-order valence-electron chi connectivity index (χ4n) is 6.18. The molecular formula is C31H39N5O2. The summed E-state index contributed by atoms with van der Waals surface area (Å²) in [5, 5.41) is 21.2. The van der Waals surface area contributed by atoms with Gasteiger partial charge < -0.3 is 10.0 Å². The van der Waals surface area contributed by atoms with Gasteiger partial charge in [-0.15, -0.1) is 5.10 Å². The lowest BCUT2D eigenvalue weighted by atomic mass is 9.62. The molecule has 2 aliphatic rings. The summed E-state index contributed by atoms with van der Waals surface area (Å²) < 4.78 is 0. The second kappa shape index (κ2) is 9.86. The molecule has 200 valence electrons. The Morgan fingerprint density at radius 3 is 2.37 bits per heavy atom. The molecule has 0 spiro atoms. The van der Waals surface area contributed by atoms with Gasteiger partial charge in [0.25, 0.3) is 0 Å². The van der Waals surface area contributed by atoms with E-state index in [1.165, 1.54) is 5.56 Å². The molecule has 1 aromatic carbocycles. The lowest BCUT2D eigenvalue weighted by molar-refractivity contribution is -0.127. The lowest BCUT2D eigenvalue weighted by Crippen LogP contribution is -2.63. The second-order valence-corrected chi connectivity index (χ2v) is 12.1. The first-order valence-corrected chi connectivity index (χ1v) is 13.6. The molecule has 2 aromatic heterocycles. The van der Waals surface area contributed by atoms with Crippen LogP contribution in [-0.2, 0) is 10.4 Å². The van der Waals surface area contributed by atoms with E-state index in [0.717, 1.165) is 30.0 Å². The average molecular weight is 514 g/mol. The smallest absolute Gasteiger partial charge is 0.228 e. The minimum atomic E-state index is -1.28. The molecule has 2 fully saturated rings. The lowest BCUT2D eigenvalue weighted by Gasteiger charge is -2.55. The van der Waals surface area contributed by atoms with Crippen LogP contribution in [0.5, 0.6) is 0 Å². The predicted octanol–water partition coefficient (Wildman–Crippen LogP) is 4.83. The molecular weight excluding hydrogens is 474 g/mol. The largest absolute Gasteiger partial charge is 0.380 e. The number of amides is 1. The van der Waals surface area contributed by atoms with Gasteiger partial charge in [0.1, 0.15) is 5.60 Å². The van der Waals surface area contributed by atoms with Crippen molar-refractivity contribution in [2.75, 3.05) is 31.6 Å². The number of hydrogen-bond donors (Lipinski definition) is 1.